The Balaban J connectivity index is 1.67. The van der Waals surface area contributed by atoms with Crippen molar-refractivity contribution in [2.45, 2.75) is 31.8 Å². The fourth-order valence-corrected chi connectivity index (χ4v) is 4.32. The Kier molecular flexibility index (Phi) is 6.65. The van der Waals surface area contributed by atoms with Gasteiger partial charge in [0.25, 0.3) is 0 Å². The molecule has 3 atom stereocenters. The maximum atomic E-state index is 13.6. The van der Waals surface area contributed by atoms with Crippen molar-refractivity contribution < 1.29 is 19.1 Å². The first kappa shape index (κ1) is 21.0. The molecule has 0 aromatic heterocycles. The Morgan fingerprint density at radius 2 is 1.97 bits per heavy atom. The van der Waals surface area contributed by atoms with Gasteiger partial charge in [-0.15, -0.1) is 0 Å². The Hall–Kier alpha value is -2.72. The van der Waals surface area contributed by atoms with Gasteiger partial charge in [0.2, 0.25) is 11.8 Å². The number of piperidine rings is 2. The first-order valence-corrected chi connectivity index (χ1v) is 10.0. The number of carbonyl (C=O) groups is 2. The number of likely N-dealkylation sites (tertiary alicyclic amines) is 2. The van der Waals surface area contributed by atoms with E-state index in [2.05, 4.69) is 6.58 Å². The lowest BCUT2D eigenvalue weighted by Gasteiger charge is -2.39. The molecule has 2 amide bonds. The molecule has 3 unspecified atom stereocenters. The van der Waals surface area contributed by atoms with E-state index < -0.39 is 11.9 Å². The summed E-state index contributed by atoms with van der Waals surface area (Å²) in [6.45, 7) is 5.59. The zero-order valence-corrected chi connectivity index (χ0v) is 16.4. The van der Waals surface area contributed by atoms with Crippen LogP contribution in [0.15, 0.2) is 30.9 Å². The highest BCUT2D eigenvalue weighted by Gasteiger charge is 2.35. The van der Waals surface area contributed by atoms with Crippen LogP contribution in [0.4, 0.5) is 4.39 Å². The predicted octanol–water partition coefficient (Wildman–Crippen LogP) is 2.39. The zero-order chi connectivity index (χ0) is 21.0. The molecular weight excluding hydrogens is 373 g/mol. The van der Waals surface area contributed by atoms with Crippen LogP contribution in [-0.4, -0.2) is 52.9 Å². The third kappa shape index (κ3) is 4.65. The summed E-state index contributed by atoms with van der Waals surface area (Å²) in [5.74, 6) is -1.17. The van der Waals surface area contributed by atoms with Crippen molar-refractivity contribution >= 4 is 11.8 Å². The minimum Gasteiger partial charge on any atom is -0.388 e. The molecule has 2 heterocycles. The van der Waals surface area contributed by atoms with Crippen LogP contribution in [0.25, 0.3) is 0 Å². The number of nitrogens with zero attached hydrogens (tertiary/aromatic N) is 3. The Labute approximate surface area is 170 Å². The smallest absolute Gasteiger partial charge is 0.245 e. The van der Waals surface area contributed by atoms with Gasteiger partial charge in [-0.05, 0) is 49.5 Å². The zero-order valence-electron chi connectivity index (χ0n) is 16.4. The molecule has 2 saturated heterocycles. The molecular formula is C22H26FN3O3. The fourth-order valence-electron chi connectivity index (χ4n) is 4.32. The maximum Gasteiger partial charge on any atom is 0.245 e. The Morgan fingerprint density at radius 1 is 1.24 bits per heavy atom. The molecule has 0 radical (unpaired) electrons. The molecule has 6 nitrogen and oxygen atoms in total. The van der Waals surface area contributed by atoms with Gasteiger partial charge in [-0.25, -0.2) is 4.39 Å². The molecule has 7 heteroatoms. The van der Waals surface area contributed by atoms with Crippen molar-refractivity contribution in [1.29, 1.82) is 5.26 Å². The number of aliphatic hydroxyl groups is 1. The normalized spacial score (nSPS) is 23.2. The summed E-state index contributed by atoms with van der Waals surface area (Å²) in [7, 11) is 0. The average molecular weight is 399 g/mol. The van der Waals surface area contributed by atoms with E-state index in [1.165, 1.54) is 24.3 Å². The highest BCUT2D eigenvalue weighted by Crippen LogP contribution is 2.32. The summed E-state index contributed by atoms with van der Waals surface area (Å²) in [5.41, 5.74) is 0.391. The lowest BCUT2D eigenvalue weighted by molar-refractivity contribution is -0.141. The minimum atomic E-state index is -0.872. The molecule has 0 aliphatic carbocycles. The van der Waals surface area contributed by atoms with Crippen molar-refractivity contribution in [3.8, 4) is 6.07 Å². The van der Waals surface area contributed by atoms with Crippen molar-refractivity contribution in [3.63, 3.8) is 0 Å². The minimum absolute atomic E-state index is 0.0142. The van der Waals surface area contributed by atoms with Gasteiger partial charge < -0.3 is 14.9 Å². The van der Waals surface area contributed by atoms with Crippen LogP contribution >= 0.6 is 0 Å². The summed E-state index contributed by atoms with van der Waals surface area (Å²) >= 11 is 0. The second-order valence-corrected chi connectivity index (χ2v) is 7.81. The first-order chi connectivity index (χ1) is 13.9. The van der Waals surface area contributed by atoms with Crippen LogP contribution in [0.1, 0.15) is 42.9 Å². The third-order valence-electron chi connectivity index (χ3n) is 5.93. The summed E-state index contributed by atoms with van der Waals surface area (Å²) in [5, 5.41) is 19.8. The molecule has 3 rings (SSSR count). The third-order valence-corrected chi connectivity index (χ3v) is 5.93. The number of hydrogen-bond acceptors (Lipinski definition) is 4. The number of benzene rings is 1. The van der Waals surface area contributed by atoms with Crippen LogP contribution in [-0.2, 0) is 9.59 Å². The molecule has 2 aliphatic heterocycles. The van der Waals surface area contributed by atoms with Crippen molar-refractivity contribution in [1.82, 2.24) is 9.80 Å². The molecule has 1 N–H and O–H groups in total. The van der Waals surface area contributed by atoms with Crippen LogP contribution < -0.4 is 0 Å². The van der Waals surface area contributed by atoms with Crippen LogP contribution in [0.2, 0.25) is 0 Å². The molecule has 0 bridgehead atoms. The average Bonchev–Trinajstić information content (AvgIpc) is 2.78. The number of carbonyl (C=O) groups excluding carboxylic acids is 2. The van der Waals surface area contributed by atoms with E-state index in [1.807, 2.05) is 0 Å². The fraction of sp³-hybridized carbons (Fsp3) is 0.500. The number of hydrogen-bond donors (Lipinski definition) is 1. The maximum absolute atomic E-state index is 13.6. The van der Waals surface area contributed by atoms with Gasteiger partial charge in [0, 0.05) is 32.1 Å². The molecule has 0 spiro atoms. The van der Waals surface area contributed by atoms with Crippen LogP contribution in [0, 0.1) is 29.0 Å². The van der Waals surface area contributed by atoms with Crippen molar-refractivity contribution in [2.24, 2.45) is 11.8 Å². The SMILES string of the molecule is C=CC(=O)N1CCCC(C(=O)N2CCCC(C(O)c3ccc(F)c(C#N)c3)C2)C1. The molecule has 1 aromatic carbocycles. The molecule has 154 valence electrons. The molecule has 0 saturated carbocycles. The van der Waals surface area contributed by atoms with Crippen molar-refractivity contribution in [3.05, 3.63) is 47.8 Å². The van der Waals surface area contributed by atoms with Crippen LogP contribution in [0.5, 0.6) is 0 Å². The second-order valence-electron chi connectivity index (χ2n) is 7.81. The van der Waals surface area contributed by atoms with Gasteiger partial charge in [0.1, 0.15) is 11.9 Å². The van der Waals surface area contributed by atoms with Gasteiger partial charge in [-0.2, -0.15) is 5.26 Å². The molecule has 2 fully saturated rings. The molecule has 29 heavy (non-hydrogen) atoms. The van der Waals surface area contributed by atoms with E-state index in [0.29, 0.717) is 31.7 Å². The van der Waals surface area contributed by atoms with Gasteiger partial charge >= 0.3 is 0 Å². The quantitative estimate of drug-likeness (QED) is 0.788. The molecule has 2 aliphatic rings. The number of nitriles is 1. The largest absolute Gasteiger partial charge is 0.388 e. The van der Waals surface area contributed by atoms with Gasteiger partial charge in [0.05, 0.1) is 17.6 Å². The Bertz CT molecular complexity index is 835. The van der Waals surface area contributed by atoms with E-state index in [9.17, 15) is 19.1 Å². The summed E-state index contributed by atoms with van der Waals surface area (Å²) < 4.78 is 13.6. The van der Waals surface area contributed by atoms with Gasteiger partial charge in [-0.3, -0.25) is 9.59 Å². The number of rotatable bonds is 4. The summed E-state index contributed by atoms with van der Waals surface area (Å²) in [6, 6.07) is 5.85. The summed E-state index contributed by atoms with van der Waals surface area (Å²) in [4.78, 5) is 28.4. The van der Waals surface area contributed by atoms with E-state index in [0.717, 1.165) is 25.7 Å². The van der Waals surface area contributed by atoms with Gasteiger partial charge in [-0.1, -0.05) is 12.6 Å². The van der Waals surface area contributed by atoms with Crippen LogP contribution in [0.3, 0.4) is 0 Å². The monoisotopic (exact) mass is 399 g/mol. The molecule has 1 aromatic rings. The number of halogens is 1. The van der Waals surface area contributed by atoms with E-state index in [-0.39, 0.29) is 29.2 Å². The Morgan fingerprint density at radius 3 is 2.69 bits per heavy atom. The van der Waals surface area contributed by atoms with E-state index in [4.69, 9.17) is 5.26 Å². The number of aliphatic hydroxyl groups excluding tert-OH is 1. The lowest BCUT2D eigenvalue weighted by atomic mass is 9.87. The van der Waals surface area contributed by atoms with Crippen molar-refractivity contribution in [2.75, 3.05) is 26.2 Å². The highest BCUT2D eigenvalue weighted by molar-refractivity contribution is 5.88. The topological polar surface area (TPSA) is 84.6 Å². The highest BCUT2D eigenvalue weighted by atomic mass is 19.1. The van der Waals surface area contributed by atoms with E-state index in [1.54, 1.807) is 15.9 Å². The summed E-state index contributed by atoms with van der Waals surface area (Å²) in [6.07, 6.45) is 3.44. The standard InChI is InChI=1S/C22H26FN3O3/c1-2-20(27)25-9-4-6-17(14-25)22(29)26-10-3-5-16(13-26)21(28)15-7-8-19(23)18(11-15)12-24/h2,7-8,11,16-17,21,28H,1,3-6,9-10,13-14H2. The van der Waals surface area contributed by atoms with Gasteiger partial charge in [0.15, 0.2) is 0 Å². The second kappa shape index (κ2) is 9.19. The lowest BCUT2D eigenvalue weighted by Crippen LogP contribution is -2.49. The first-order valence-electron chi connectivity index (χ1n) is 10.0. The predicted molar refractivity (Wildman–Crippen MR) is 105 cm³/mol. The number of amides is 2. The van der Waals surface area contributed by atoms with E-state index >= 15 is 0 Å².